The van der Waals surface area contributed by atoms with Crippen LogP contribution in [0.15, 0.2) is 47.3 Å². The van der Waals surface area contributed by atoms with Crippen LogP contribution in [-0.4, -0.2) is 29.7 Å². The first-order valence-corrected chi connectivity index (χ1v) is 10.1. The predicted octanol–water partition coefficient (Wildman–Crippen LogP) is 4.09. The summed E-state index contributed by atoms with van der Waals surface area (Å²) in [7, 11) is 3.06. The maximum atomic E-state index is 13.1. The molecule has 2 aromatic carbocycles. The van der Waals surface area contributed by atoms with Crippen molar-refractivity contribution in [3.63, 3.8) is 0 Å². The van der Waals surface area contributed by atoms with Crippen LogP contribution in [0.5, 0.6) is 11.5 Å². The molecule has 8 heteroatoms. The van der Waals surface area contributed by atoms with Gasteiger partial charge in [0.05, 0.1) is 14.2 Å². The molecule has 0 saturated carbocycles. The van der Waals surface area contributed by atoms with E-state index in [2.05, 4.69) is 10.3 Å². The Kier molecular flexibility index (Phi) is 6.97. The summed E-state index contributed by atoms with van der Waals surface area (Å²) in [5.41, 5.74) is 2.18. The molecular formula is C23H24ClN3O4. The quantitative estimate of drug-likeness (QED) is 0.597. The lowest BCUT2D eigenvalue weighted by Gasteiger charge is -2.16. The first-order chi connectivity index (χ1) is 14.9. The molecule has 3 rings (SSSR count). The van der Waals surface area contributed by atoms with Crippen LogP contribution < -0.4 is 20.3 Å². The Balaban J connectivity index is 1.99. The van der Waals surface area contributed by atoms with Crippen LogP contribution in [0.2, 0.25) is 5.02 Å². The Morgan fingerprint density at radius 2 is 1.71 bits per heavy atom. The third-order valence-corrected chi connectivity index (χ3v) is 5.11. The molecule has 0 atom stereocenters. The van der Waals surface area contributed by atoms with Crippen molar-refractivity contribution in [2.45, 2.75) is 26.8 Å². The molecule has 1 heterocycles. The Morgan fingerprint density at radius 1 is 1.10 bits per heavy atom. The summed E-state index contributed by atoms with van der Waals surface area (Å²) in [5, 5.41) is 3.37. The highest BCUT2D eigenvalue weighted by Gasteiger charge is 2.17. The van der Waals surface area contributed by atoms with Crippen molar-refractivity contribution in [3.05, 3.63) is 69.1 Å². The van der Waals surface area contributed by atoms with Gasteiger partial charge in [0.25, 0.3) is 5.56 Å². The van der Waals surface area contributed by atoms with Crippen molar-refractivity contribution in [3.8, 4) is 22.9 Å². The number of benzene rings is 2. The molecule has 0 bridgehead atoms. The molecule has 0 unspecified atom stereocenters. The molecule has 0 aliphatic carbocycles. The van der Waals surface area contributed by atoms with Gasteiger partial charge in [-0.15, -0.1) is 0 Å². The molecule has 1 aromatic heterocycles. The SMILES string of the molecule is CCc1c(C)nc(-c2ccc(Cl)cc2)n(CC(=O)Nc2cc(OC)cc(OC)c2)c1=O. The van der Waals surface area contributed by atoms with E-state index >= 15 is 0 Å². The highest BCUT2D eigenvalue weighted by molar-refractivity contribution is 6.30. The normalized spacial score (nSPS) is 10.6. The fourth-order valence-corrected chi connectivity index (χ4v) is 3.42. The zero-order valence-electron chi connectivity index (χ0n) is 17.9. The second-order valence-electron chi connectivity index (χ2n) is 6.90. The summed E-state index contributed by atoms with van der Waals surface area (Å²) in [6.07, 6.45) is 0.521. The summed E-state index contributed by atoms with van der Waals surface area (Å²) < 4.78 is 11.9. The van der Waals surface area contributed by atoms with Gasteiger partial charge in [-0.25, -0.2) is 4.98 Å². The molecule has 0 aliphatic rings. The van der Waals surface area contributed by atoms with Crippen molar-refractivity contribution in [2.24, 2.45) is 0 Å². The van der Waals surface area contributed by atoms with Crippen LogP contribution >= 0.6 is 11.6 Å². The number of anilines is 1. The second kappa shape index (κ2) is 9.66. The number of ether oxygens (including phenoxy) is 2. The number of carbonyl (C=O) groups is 1. The zero-order chi connectivity index (χ0) is 22.5. The highest BCUT2D eigenvalue weighted by Crippen LogP contribution is 2.26. The van der Waals surface area contributed by atoms with E-state index in [0.29, 0.717) is 51.3 Å². The lowest BCUT2D eigenvalue weighted by Crippen LogP contribution is -2.32. The molecule has 0 saturated heterocycles. The molecule has 162 valence electrons. The van der Waals surface area contributed by atoms with Gasteiger partial charge in [-0.05, 0) is 37.6 Å². The van der Waals surface area contributed by atoms with Crippen molar-refractivity contribution < 1.29 is 14.3 Å². The minimum Gasteiger partial charge on any atom is -0.497 e. The van der Waals surface area contributed by atoms with Gasteiger partial charge in [-0.3, -0.25) is 14.2 Å². The van der Waals surface area contributed by atoms with Gasteiger partial charge in [0.15, 0.2) is 0 Å². The van der Waals surface area contributed by atoms with Crippen LogP contribution in [0.3, 0.4) is 0 Å². The van der Waals surface area contributed by atoms with Crippen LogP contribution in [0.1, 0.15) is 18.2 Å². The van der Waals surface area contributed by atoms with E-state index in [4.69, 9.17) is 21.1 Å². The highest BCUT2D eigenvalue weighted by atomic mass is 35.5. The largest absolute Gasteiger partial charge is 0.497 e. The Labute approximate surface area is 185 Å². The maximum Gasteiger partial charge on any atom is 0.257 e. The number of nitrogens with zero attached hydrogens (tertiary/aromatic N) is 2. The molecule has 31 heavy (non-hydrogen) atoms. The summed E-state index contributed by atoms with van der Waals surface area (Å²) in [6, 6.07) is 12.0. The Bertz CT molecular complexity index is 1130. The van der Waals surface area contributed by atoms with Crippen LogP contribution in [0.25, 0.3) is 11.4 Å². The second-order valence-corrected chi connectivity index (χ2v) is 7.34. The van der Waals surface area contributed by atoms with Crippen molar-refractivity contribution in [1.82, 2.24) is 9.55 Å². The minimum atomic E-state index is -0.375. The molecule has 0 fully saturated rings. The molecule has 1 amide bonds. The van der Waals surface area contributed by atoms with Crippen LogP contribution in [0.4, 0.5) is 5.69 Å². The molecule has 0 spiro atoms. The standard InChI is InChI=1S/C23H24ClN3O4/c1-5-20-14(2)25-22(15-6-8-16(24)9-7-15)27(23(20)29)13-21(28)26-17-10-18(30-3)12-19(11-17)31-4/h6-12H,5,13H2,1-4H3,(H,26,28). The fourth-order valence-electron chi connectivity index (χ4n) is 3.30. The number of rotatable bonds is 7. The first kappa shape index (κ1) is 22.4. The number of halogens is 1. The molecule has 7 nitrogen and oxygen atoms in total. The molecule has 0 aliphatic heterocycles. The molecule has 1 N–H and O–H groups in total. The first-order valence-electron chi connectivity index (χ1n) is 9.75. The predicted molar refractivity (Wildman–Crippen MR) is 121 cm³/mol. The third-order valence-electron chi connectivity index (χ3n) is 4.86. The third kappa shape index (κ3) is 5.06. The summed E-state index contributed by atoms with van der Waals surface area (Å²) >= 11 is 6.00. The van der Waals surface area contributed by atoms with E-state index in [1.165, 1.54) is 18.8 Å². The lowest BCUT2D eigenvalue weighted by atomic mass is 10.1. The topological polar surface area (TPSA) is 82.5 Å². The number of aromatic nitrogens is 2. The van der Waals surface area contributed by atoms with Gasteiger partial charge in [0, 0.05) is 45.7 Å². The van der Waals surface area contributed by atoms with E-state index in [0.717, 1.165) is 0 Å². The summed E-state index contributed by atoms with van der Waals surface area (Å²) in [5.74, 6) is 1.12. The van der Waals surface area contributed by atoms with Crippen LogP contribution in [-0.2, 0) is 17.8 Å². The summed E-state index contributed by atoms with van der Waals surface area (Å²) in [4.78, 5) is 30.6. The Hall–Kier alpha value is -3.32. The van der Waals surface area contributed by atoms with E-state index in [-0.39, 0.29) is 18.0 Å². The van der Waals surface area contributed by atoms with E-state index in [9.17, 15) is 9.59 Å². The smallest absolute Gasteiger partial charge is 0.257 e. The van der Waals surface area contributed by atoms with Gasteiger partial charge in [-0.2, -0.15) is 0 Å². The number of methoxy groups -OCH3 is 2. The monoisotopic (exact) mass is 441 g/mol. The average molecular weight is 442 g/mol. The lowest BCUT2D eigenvalue weighted by molar-refractivity contribution is -0.116. The Morgan fingerprint density at radius 3 is 2.26 bits per heavy atom. The van der Waals surface area contributed by atoms with Crippen molar-refractivity contribution in [1.29, 1.82) is 0 Å². The molecule has 0 radical (unpaired) electrons. The van der Waals surface area contributed by atoms with Gasteiger partial charge in [0.2, 0.25) is 5.91 Å². The number of aryl methyl sites for hydroxylation is 1. The van der Waals surface area contributed by atoms with Gasteiger partial charge in [-0.1, -0.05) is 18.5 Å². The number of nitrogens with one attached hydrogen (secondary N) is 1. The number of carbonyl (C=O) groups excluding carboxylic acids is 1. The van der Waals surface area contributed by atoms with E-state index < -0.39 is 0 Å². The zero-order valence-corrected chi connectivity index (χ0v) is 18.6. The van der Waals surface area contributed by atoms with Gasteiger partial charge in [0.1, 0.15) is 23.9 Å². The van der Waals surface area contributed by atoms with Crippen molar-refractivity contribution in [2.75, 3.05) is 19.5 Å². The average Bonchev–Trinajstić information content (AvgIpc) is 2.76. The fraction of sp³-hybridized carbons (Fsp3) is 0.261. The number of hydrogen-bond donors (Lipinski definition) is 1. The van der Waals surface area contributed by atoms with Gasteiger partial charge < -0.3 is 14.8 Å². The summed E-state index contributed by atoms with van der Waals surface area (Å²) in [6.45, 7) is 3.49. The maximum absolute atomic E-state index is 13.1. The molecule has 3 aromatic rings. The molecular weight excluding hydrogens is 418 g/mol. The van der Waals surface area contributed by atoms with Crippen molar-refractivity contribution >= 4 is 23.2 Å². The van der Waals surface area contributed by atoms with Crippen LogP contribution in [0, 0.1) is 6.92 Å². The van der Waals surface area contributed by atoms with E-state index in [1.54, 1.807) is 49.4 Å². The number of amides is 1. The number of hydrogen-bond acceptors (Lipinski definition) is 5. The minimum absolute atomic E-state index is 0.198. The van der Waals surface area contributed by atoms with Gasteiger partial charge >= 0.3 is 0 Å². The van der Waals surface area contributed by atoms with E-state index in [1.807, 2.05) is 6.92 Å².